The van der Waals surface area contributed by atoms with Crippen molar-refractivity contribution in [1.82, 2.24) is 9.80 Å². The Morgan fingerprint density at radius 2 is 1.96 bits per heavy atom. The van der Waals surface area contributed by atoms with Gasteiger partial charge in [-0.15, -0.1) is 0 Å². The maximum absolute atomic E-state index is 13.2. The molecule has 0 radical (unpaired) electrons. The largest absolute Gasteiger partial charge is 0.376 e. The first-order valence-corrected chi connectivity index (χ1v) is 8.14. The van der Waals surface area contributed by atoms with Gasteiger partial charge in [0.2, 0.25) is 0 Å². The smallest absolute Gasteiger partial charge is 0.319 e. The molecule has 2 aliphatic heterocycles. The van der Waals surface area contributed by atoms with Gasteiger partial charge in [0.15, 0.2) is 0 Å². The molecule has 3 amide bonds. The van der Waals surface area contributed by atoms with Crippen molar-refractivity contribution in [2.75, 3.05) is 58.5 Å². The van der Waals surface area contributed by atoms with Crippen molar-refractivity contribution in [3.63, 3.8) is 0 Å². The summed E-state index contributed by atoms with van der Waals surface area (Å²) in [6.45, 7) is 1.63. The predicted molar refractivity (Wildman–Crippen MR) is 88.9 cm³/mol. The number of halogens is 1. The highest BCUT2D eigenvalue weighted by Gasteiger charge is 2.44. The number of rotatable bonds is 1. The second kappa shape index (κ2) is 6.97. The van der Waals surface area contributed by atoms with Gasteiger partial charge in [0.05, 0.1) is 26.3 Å². The van der Waals surface area contributed by atoms with Crippen LogP contribution < -0.4 is 4.90 Å². The lowest BCUT2D eigenvalue weighted by Gasteiger charge is -2.43. The third kappa shape index (κ3) is 3.74. The molecule has 1 atom stereocenters. The highest BCUT2D eigenvalue weighted by Crippen LogP contribution is 2.27. The summed E-state index contributed by atoms with van der Waals surface area (Å²) in [5, 5.41) is 0. The summed E-state index contributed by atoms with van der Waals surface area (Å²) in [5.74, 6) is -0.563. The van der Waals surface area contributed by atoms with E-state index in [2.05, 4.69) is 0 Å². The van der Waals surface area contributed by atoms with Crippen LogP contribution in [0.5, 0.6) is 0 Å². The van der Waals surface area contributed by atoms with Crippen LogP contribution in [-0.4, -0.2) is 80.9 Å². The average Bonchev–Trinajstić information content (AvgIpc) is 2.80. The van der Waals surface area contributed by atoms with Gasteiger partial charge in [-0.2, -0.15) is 0 Å². The number of nitrogens with zero attached hydrogens (tertiary/aromatic N) is 3. The van der Waals surface area contributed by atoms with Crippen LogP contribution in [0.25, 0.3) is 0 Å². The Morgan fingerprint density at radius 3 is 2.64 bits per heavy atom. The van der Waals surface area contributed by atoms with E-state index in [9.17, 15) is 14.0 Å². The highest BCUT2D eigenvalue weighted by molar-refractivity contribution is 5.95. The van der Waals surface area contributed by atoms with E-state index in [1.54, 1.807) is 36.0 Å². The third-order valence-electron chi connectivity index (χ3n) is 4.39. The van der Waals surface area contributed by atoms with Gasteiger partial charge >= 0.3 is 6.03 Å². The number of amides is 3. The van der Waals surface area contributed by atoms with E-state index in [-0.39, 0.29) is 37.5 Å². The van der Waals surface area contributed by atoms with Crippen molar-refractivity contribution < 1.29 is 23.5 Å². The fraction of sp³-hybridized carbons (Fsp3) is 0.529. The van der Waals surface area contributed by atoms with Gasteiger partial charge in [0, 0.05) is 26.3 Å². The van der Waals surface area contributed by atoms with Gasteiger partial charge in [-0.25, -0.2) is 9.18 Å². The van der Waals surface area contributed by atoms with Gasteiger partial charge < -0.3 is 24.2 Å². The van der Waals surface area contributed by atoms with Crippen molar-refractivity contribution >= 4 is 17.6 Å². The molecule has 3 rings (SSSR count). The highest BCUT2D eigenvalue weighted by atomic mass is 19.1. The molecule has 2 heterocycles. The molecule has 0 bridgehead atoms. The Morgan fingerprint density at radius 1 is 1.24 bits per heavy atom. The van der Waals surface area contributed by atoms with Crippen LogP contribution in [0.2, 0.25) is 0 Å². The van der Waals surface area contributed by atoms with Gasteiger partial charge in [-0.05, 0) is 24.3 Å². The minimum Gasteiger partial charge on any atom is -0.376 e. The van der Waals surface area contributed by atoms with Crippen LogP contribution in [-0.2, 0) is 14.3 Å². The van der Waals surface area contributed by atoms with Crippen LogP contribution in [0.3, 0.4) is 0 Å². The lowest BCUT2D eigenvalue weighted by atomic mass is 10.0. The summed E-state index contributed by atoms with van der Waals surface area (Å²) in [6, 6.07) is 5.63. The standard InChI is InChI=1S/C17H22FN3O4/c1-19(2)16(23)20-7-8-24-12-17(10-20)11-21(15(22)9-25-17)14-5-3-13(18)4-6-14/h3-6H,7-12H2,1-2H3. The summed E-state index contributed by atoms with van der Waals surface area (Å²) in [4.78, 5) is 29.4. The third-order valence-corrected chi connectivity index (χ3v) is 4.39. The van der Waals surface area contributed by atoms with Gasteiger partial charge in [0.1, 0.15) is 18.0 Å². The van der Waals surface area contributed by atoms with Crippen molar-refractivity contribution in [2.24, 2.45) is 0 Å². The van der Waals surface area contributed by atoms with Crippen molar-refractivity contribution in [1.29, 1.82) is 0 Å². The second-order valence-electron chi connectivity index (χ2n) is 6.58. The Kier molecular flexibility index (Phi) is 4.91. The topological polar surface area (TPSA) is 62.3 Å². The molecule has 0 aromatic heterocycles. The molecule has 2 fully saturated rings. The second-order valence-corrected chi connectivity index (χ2v) is 6.58. The van der Waals surface area contributed by atoms with E-state index in [1.165, 1.54) is 17.0 Å². The molecule has 136 valence electrons. The molecule has 7 nitrogen and oxygen atoms in total. The Bertz CT molecular complexity index is 652. The SMILES string of the molecule is CN(C)C(=O)N1CCOCC2(C1)CN(c1ccc(F)cc1)C(=O)CO2. The lowest BCUT2D eigenvalue weighted by Crippen LogP contribution is -2.61. The zero-order valence-electron chi connectivity index (χ0n) is 14.4. The maximum Gasteiger partial charge on any atom is 0.319 e. The molecule has 1 unspecified atom stereocenters. The molecule has 2 aliphatic rings. The first kappa shape index (κ1) is 17.6. The van der Waals surface area contributed by atoms with E-state index in [4.69, 9.17) is 9.47 Å². The minimum absolute atomic E-state index is 0.106. The van der Waals surface area contributed by atoms with Crippen LogP contribution in [0.15, 0.2) is 24.3 Å². The Hall–Kier alpha value is -2.19. The number of urea groups is 1. The van der Waals surface area contributed by atoms with Crippen LogP contribution >= 0.6 is 0 Å². The summed E-state index contributed by atoms with van der Waals surface area (Å²) in [5.41, 5.74) is -0.200. The number of carbonyl (C=O) groups excluding carboxylic acids is 2. The molecule has 1 aromatic carbocycles. The van der Waals surface area contributed by atoms with E-state index >= 15 is 0 Å². The molecular formula is C17H22FN3O4. The fourth-order valence-electron chi connectivity index (χ4n) is 3.11. The molecule has 0 N–H and O–H groups in total. The van der Waals surface area contributed by atoms with E-state index < -0.39 is 5.60 Å². The quantitative estimate of drug-likeness (QED) is 0.756. The predicted octanol–water partition coefficient (Wildman–Crippen LogP) is 0.941. The number of hydrogen-bond acceptors (Lipinski definition) is 4. The Balaban J connectivity index is 1.83. The normalized spacial score (nSPS) is 24.4. The Labute approximate surface area is 145 Å². The number of carbonyl (C=O) groups is 2. The number of anilines is 1. The monoisotopic (exact) mass is 351 g/mol. The summed E-state index contributed by atoms with van der Waals surface area (Å²) < 4.78 is 24.7. The van der Waals surface area contributed by atoms with Crippen molar-refractivity contribution in [2.45, 2.75) is 5.60 Å². The summed E-state index contributed by atoms with van der Waals surface area (Å²) >= 11 is 0. The zero-order chi connectivity index (χ0) is 18.0. The molecule has 2 saturated heterocycles. The first-order chi connectivity index (χ1) is 11.9. The van der Waals surface area contributed by atoms with Crippen molar-refractivity contribution in [3.8, 4) is 0 Å². The van der Waals surface area contributed by atoms with Gasteiger partial charge in [-0.3, -0.25) is 4.79 Å². The summed E-state index contributed by atoms with van der Waals surface area (Å²) in [7, 11) is 3.38. The zero-order valence-corrected chi connectivity index (χ0v) is 14.4. The number of benzene rings is 1. The number of hydrogen-bond donors (Lipinski definition) is 0. The van der Waals surface area contributed by atoms with Gasteiger partial charge in [-0.1, -0.05) is 0 Å². The van der Waals surface area contributed by atoms with E-state index in [0.717, 1.165) is 0 Å². The lowest BCUT2D eigenvalue weighted by molar-refractivity contribution is -0.145. The minimum atomic E-state index is -0.801. The molecule has 8 heteroatoms. The molecule has 1 spiro atoms. The van der Waals surface area contributed by atoms with Crippen LogP contribution in [0, 0.1) is 5.82 Å². The molecule has 0 aliphatic carbocycles. The first-order valence-electron chi connectivity index (χ1n) is 8.14. The van der Waals surface area contributed by atoms with Gasteiger partial charge in [0.25, 0.3) is 5.91 Å². The van der Waals surface area contributed by atoms with E-state index in [0.29, 0.717) is 25.4 Å². The van der Waals surface area contributed by atoms with Crippen LogP contribution in [0.1, 0.15) is 0 Å². The van der Waals surface area contributed by atoms with Crippen LogP contribution in [0.4, 0.5) is 14.9 Å². The molecular weight excluding hydrogens is 329 g/mol. The van der Waals surface area contributed by atoms with E-state index in [1.807, 2.05) is 0 Å². The molecule has 25 heavy (non-hydrogen) atoms. The maximum atomic E-state index is 13.2. The molecule has 0 saturated carbocycles. The van der Waals surface area contributed by atoms with Crippen molar-refractivity contribution in [3.05, 3.63) is 30.1 Å². The summed E-state index contributed by atoms with van der Waals surface area (Å²) in [6.07, 6.45) is 0. The number of ether oxygens (including phenoxy) is 2. The fourth-order valence-corrected chi connectivity index (χ4v) is 3.11. The molecule has 1 aromatic rings. The average molecular weight is 351 g/mol. The number of morpholine rings is 1.